The number of nitrogens with zero attached hydrogens (tertiary/aromatic N) is 2. The van der Waals surface area contributed by atoms with E-state index in [0.29, 0.717) is 35.5 Å². The molecule has 1 atom stereocenters. The number of carbonyl (C=O) groups is 2. The minimum atomic E-state index is -0.815. The van der Waals surface area contributed by atoms with Crippen molar-refractivity contribution in [3.8, 4) is 0 Å². The number of carbonyl (C=O) groups excluding carboxylic acids is 2. The van der Waals surface area contributed by atoms with Crippen LogP contribution in [0.3, 0.4) is 0 Å². The van der Waals surface area contributed by atoms with Gasteiger partial charge in [-0.15, -0.1) is 0 Å². The second-order valence-electron chi connectivity index (χ2n) is 7.87. The van der Waals surface area contributed by atoms with Crippen LogP contribution >= 0.6 is 11.6 Å². The summed E-state index contributed by atoms with van der Waals surface area (Å²) in [6, 6.07) is 13.9. The van der Waals surface area contributed by atoms with E-state index in [-0.39, 0.29) is 12.6 Å². The molecule has 0 aromatic heterocycles. The van der Waals surface area contributed by atoms with E-state index in [1.54, 1.807) is 25.1 Å². The summed E-state index contributed by atoms with van der Waals surface area (Å²) < 4.78 is 19.4. The lowest BCUT2D eigenvalue weighted by Crippen LogP contribution is -2.49. The van der Waals surface area contributed by atoms with Crippen LogP contribution in [-0.4, -0.2) is 56.2 Å². The number of hydrogen-bond acceptors (Lipinski definition) is 3. The Hall–Kier alpha value is -3.06. The van der Waals surface area contributed by atoms with Crippen molar-refractivity contribution in [1.29, 1.82) is 0 Å². The van der Waals surface area contributed by atoms with Crippen molar-refractivity contribution in [3.63, 3.8) is 0 Å². The van der Waals surface area contributed by atoms with Crippen LogP contribution in [0.4, 0.5) is 14.0 Å². The molecular formula is C24H27ClFN3O3. The Morgan fingerprint density at radius 3 is 2.59 bits per heavy atom. The van der Waals surface area contributed by atoms with Crippen molar-refractivity contribution in [3.05, 3.63) is 76.6 Å². The smallest absolute Gasteiger partial charge is 0.406 e. The van der Waals surface area contributed by atoms with Gasteiger partial charge in [-0.1, -0.05) is 41.9 Å². The summed E-state index contributed by atoms with van der Waals surface area (Å²) in [5.41, 5.74) is 1.15. The van der Waals surface area contributed by atoms with Crippen LogP contribution in [0.15, 0.2) is 54.6 Å². The van der Waals surface area contributed by atoms with Crippen LogP contribution in [0.25, 0.3) is 5.57 Å². The summed E-state index contributed by atoms with van der Waals surface area (Å²) in [5, 5.41) is 3.10. The Labute approximate surface area is 192 Å². The fraction of sp³-hybridized carbons (Fsp3) is 0.333. The van der Waals surface area contributed by atoms with Crippen LogP contribution in [0, 0.1) is 5.82 Å². The summed E-state index contributed by atoms with van der Waals surface area (Å²) in [6.07, 6.45) is 2.54. The zero-order chi connectivity index (χ0) is 23.3. The van der Waals surface area contributed by atoms with Crippen LogP contribution in [0.1, 0.15) is 24.0 Å². The van der Waals surface area contributed by atoms with Gasteiger partial charge in [0.25, 0.3) is 0 Å². The van der Waals surface area contributed by atoms with Gasteiger partial charge in [0.15, 0.2) is 0 Å². The van der Waals surface area contributed by atoms with Gasteiger partial charge >= 0.3 is 12.1 Å². The average molecular weight is 460 g/mol. The fourth-order valence-corrected chi connectivity index (χ4v) is 4.22. The first-order chi connectivity index (χ1) is 15.3. The Kier molecular flexibility index (Phi) is 7.40. The summed E-state index contributed by atoms with van der Waals surface area (Å²) >= 11 is 6.14. The molecule has 6 nitrogen and oxygen atoms in total. The monoisotopic (exact) mass is 459 g/mol. The molecular weight excluding hydrogens is 433 g/mol. The lowest BCUT2D eigenvalue weighted by Gasteiger charge is -2.40. The van der Waals surface area contributed by atoms with Gasteiger partial charge in [-0.25, -0.2) is 14.0 Å². The van der Waals surface area contributed by atoms with Gasteiger partial charge in [0.1, 0.15) is 5.82 Å². The second-order valence-corrected chi connectivity index (χ2v) is 8.31. The highest BCUT2D eigenvalue weighted by molar-refractivity contribution is 6.30. The van der Waals surface area contributed by atoms with Crippen molar-refractivity contribution in [1.82, 2.24) is 15.1 Å². The molecule has 0 aliphatic carbocycles. The van der Waals surface area contributed by atoms with Gasteiger partial charge in [-0.3, -0.25) is 0 Å². The Bertz CT molecular complexity index is 1010. The maximum absolute atomic E-state index is 14.7. The number of ether oxygens (including phenoxy) is 1. The first kappa shape index (κ1) is 23.6. The van der Waals surface area contributed by atoms with Crippen LogP contribution < -0.4 is 5.32 Å². The largest absolute Gasteiger partial charge is 0.453 e. The molecule has 0 bridgehead atoms. The average Bonchev–Trinajstić information content (AvgIpc) is 3.18. The maximum Gasteiger partial charge on any atom is 0.406 e. The zero-order valence-electron chi connectivity index (χ0n) is 18.4. The Morgan fingerprint density at radius 1 is 1.22 bits per heavy atom. The number of amides is 3. The molecule has 0 fully saturated rings. The molecule has 1 aliphatic rings. The van der Waals surface area contributed by atoms with E-state index >= 15 is 0 Å². The van der Waals surface area contributed by atoms with Crippen molar-refractivity contribution < 1.29 is 18.7 Å². The number of hydrogen-bond donors (Lipinski definition) is 1. The number of nitrogens with one attached hydrogen (secondary N) is 1. The number of urea groups is 1. The highest BCUT2D eigenvalue weighted by Gasteiger charge is 2.45. The number of methoxy groups -OCH3 is 1. The van der Waals surface area contributed by atoms with E-state index in [1.807, 2.05) is 36.4 Å². The van der Waals surface area contributed by atoms with Gasteiger partial charge in [0, 0.05) is 37.8 Å². The Morgan fingerprint density at radius 2 is 1.94 bits per heavy atom. The van der Waals surface area contributed by atoms with E-state index in [2.05, 4.69) is 10.1 Å². The van der Waals surface area contributed by atoms with Crippen molar-refractivity contribution >= 4 is 29.3 Å². The van der Waals surface area contributed by atoms with E-state index in [4.69, 9.17) is 11.6 Å². The maximum atomic E-state index is 14.7. The molecule has 1 aliphatic heterocycles. The molecule has 3 rings (SSSR count). The highest BCUT2D eigenvalue weighted by Crippen LogP contribution is 2.44. The third-order valence-corrected chi connectivity index (χ3v) is 5.81. The second kappa shape index (κ2) is 10.0. The minimum Gasteiger partial charge on any atom is -0.453 e. The normalized spacial score (nSPS) is 17.7. The molecule has 0 radical (unpaired) electrons. The molecule has 1 N–H and O–H groups in total. The molecule has 0 spiro atoms. The number of alkyl carbamates (subject to hydrolysis) is 1. The third kappa shape index (κ3) is 4.88. The van der Waals surface area contributed by atoms with Crippen LogP contribution in [-0.2, 0) is 10.3 Å². The molecule has 0 saturated heterocycles. The van der Waals surface area contributed by atoms with E-state index in [1.165, 1.54) is 24.1 Å². The van der Waals surface area contributed by atoms with Crippen molar-refractivity contribution in [2.75, 3.05) is 34.3 Å². The number of halogens is 2. The molecule has 1 heterocycles. The molecule has 1 unspecified atom stereocenters. The van der Waals surface area contributed by atoms with Gasteiger partial charge < -0.3 is 19.9 Å². The van der Waals surface area contributed by atoms with Gasteiger partial charge in [-0.05, 0) is 48.3 Å². The highest BCUT2D eigenvalue weighted by atomic mass is 35.5. The van der Waals surface area contributed by atoms with Crippen LogP contribution in [0.2, 0.25) is 5.02 Å². The molecule has 2 aromatic rings. The van der Waals surface area contributed by atoms with E-state index in [0.717, 1.165) is 5.56 Å². The summed E-state index contributed by atoms with van der Waals surface area (Å²) in [5.74, 6) is -0.394. The SMILES string of the molecule is COC(=O)NCCCC1(c2ccccc2)C=C(c2cc(Cl)ccc2F)CN1C(=O)N(C)C. The summed E-state index contributed by atoms with van der Waals surface area (Å²) in [7, 11) is 4.69. The standard InChI is InChI=1S/C24H27ClFN3O3/c1-28(2)23(31)29-16-17(20-14-19(25)10-11-21(20)26)15-24(29,18-8-5-4-6-9-18)12-7-13-27-22(30)32-3/h4-6,8-11,14-15H,7,12-13,16H2,1-3H3,(H,27,30). The zero-order valence-corrected chi connectivity index (χ0v) is 19.2. The minimum absolute atomic E-state index is 0.191. The predicted octanol–water partition coefficient (Wildman–Crippen LogP) is 4.89. The quantitative estimate of drug-likeness (QED) is 0.625. The van der Waals surface area contributed by atoms with Gasteiger partial charge in [0.05, 0.1) is 12.6 Å². The van der Waals surface area contributed by atoms with Gasteiger partial charge in [-0.2, -0.15) is 0 Å². The van der Waals surface area contributed by atoms with Gasteiger partial charge in [0.2, 0.25) is 0 Å². The molecule has 0 saturated carbocycles. The number of benzene rings is 2. The summed E-state index contributed by atoms with van der Waals surface area (Å²) in [4.78, 5) is 28.0. The lowest BCUT2D eigenvalue weighted by molar-refractivity contribution is 0.129. The van der Waals surface area contributed by atoms with Crippen LogP contribution in [0.5, 0.6) is 0 Å². The molecule has 3 amide bonds. The predicted molar refractivity (Wildman–Crippen MR) is 123 cm³/mol. The molecule has 32 heavy (non-hydrogen) atoms. The first-order valence-corrected chi connectivity index (χ1v) is 10.7. The van der Waals surface area contributed by atoms with E-state index in [9.17, 15) is 14.0 Å². The third-order valence-electron chi connectivity index (χ3n) is 5.57. The Balaban J connectivity index is 2.07. The van der Waals surface area contributed by atoms with E-state index < -0.39 is 17.4 Å². The lowest BCUT2D eigenvalue weighted by atomic mass is 9.84. The van der Waals surface area contributed by atoms with Crippen molar-refractivity contribution in [2.45, 2.75) is 18.4 Å². The molecule has 8 heteroatoms. The molecule has 2 aromatic carbocycles. The topological polar surface area (TPSA) is 61.9 Å². The molecule has 170 valence electrons. The summed E-state index contributed by atoms with van der Waals surface area (Å²) in [6.45, 7) is 0.605. The number of rotatable bonds is 6. The van der Waals surface area contributed by atoms with Crippen molar-refractivity contribution in [2.24, 2.45) is 0 Å². The first-order valence-electron chi connectivity index (χ1n) is 10.3. The fourth-order valence-electron chi connectivity index (χ4n) is 4.05.